The third-order valence-electron chi connectivity index (χ3n) is 4.99. The minimum absolute atomic E-state index is 0.0400. The van der Waals surface area contributed by atoms with E-state index in [9.17, 15) is 75.4 Å². The number of hydrogen-bond donors (Lipinski definition) is 1. The minimum atomic E-state index is -8.52. The number of carboxylic acids is 1. The minimum Gasteiger partial charge on any atom is -0.480 e. The van der Waals surface area contributed by atoms with Gasteiger partial charge in [0.05, 0.1) is 0 Å². The summed E-state index contributed by atoms with van der Waals surface area (Å²) in [4.78, 5) is 21.9. The van der Waals surface area contributed by atoms with Crippen LogP contribution in [0.1, 0.15) is 45.4 Å². The molecular formula is C18H20F15NO3. The molecule has 0 spiro atoms. The highest BCUT2D eigenvalue weighted by atomic mass is 19.4. The Balaban J connectivity index is 6.31. The number of aliphatic carboxylic acids is 1. The number of unbranched alkanes of at least 4 members (excludes halogenated alkanes) is 5. The van der Waals surface area contributed by atoms with Crippen LogP contribution in [0.4, 0.5) is 65.9 Å². The van der Waals surface area contributed by atoms with Gasteiger partial charge in [-0.3, -0.25) is 9.59 Å². The molecule has 4 nitrogen and oxygen atoms in total. The van der Waals surface area contributed by atoms with Crippen molar-refractivity contribution in [2.45, 2.75) is 87.2 Å². The number of halogens is 15. The van der Waals surface area contributed by atoms with Crippen molar-refractivity contribution in [2.75, 3.05) is 13.1 Å². The van der Waals surface area contributed by atoms with Gasteiger partial charge in [-0.15, -0.1) is 0 Å². The Bertz CT molecular complexity index is 796. The van der Waals surface area contributed by atoms with Gasteiger partial charge >= 0.3 is 47.7 Å². The molecule has 0 atom stereocenters. The molecule has 0 fully saturated rings. The van der Waals surface area contributed by atoms with Gasteiger partial charge in [0.1, 0.15) is 6.54 Å². The molecule has 0 unspecified atom stereocenters. The molecule has 0 aromatic heterocycles. The quantitative estimate of drug-likeness (QED) is 0.174. The number of alkyl halides is 15. The smallest absolute Gasteiger partial charge is 0.460 e. The molecule has 0 saturated heterocycles. The summed E-state index contributed by atoms with van der Waals surface area (Å²) < 4.78 is 199. The second-order valence-electron chi connectivity index (χ2n) is 7.83. The second-order valence-corrected chi connectivity index (χ2v) is 7.83. The molecule has 0 aliphatic carbocycles. The molecule has 0 aromatic carbocycles. The van der Waals surface area contributed by atoms with Gasteiger partial charge in [0, 0.05) is 6.54 Å². The van der Waals surface area contributed by atoms with Crippen molar-refractivity contribution in [1.29, 1.82) is 0 Å². The van der Waals surface area contributed by atoms with Crippen LogP contribution in [0.2, 0.25) is 0 Å². The average Bonchev–Trinajstić information content (AvgIpc) is 2.72. The summed E-state index contributed by atoms with van der Waals surface area (Å²) in [5, 5.41) is 8.65. The molecule has 0 aromatic rings. The maximum atomic E-state index is 14.1. The largest absolute Gasteiger partial charge is 0.480 e. The van der Waals surface area contributed by atoms with Gasteiger partial charge in [0.15, 0.2) is 0 Å². The number of hydrogen-bond acceptors (Lipinski definition) is 2. The topological polar surface area (TPSA) is 57.6 Å². The number of nitrogens with zero attached hydrogens (tertiary/aromatic N) is 1. The van der Waals surface area contributed by atoms with Crippen LogP contribution >= 0.6 is 0 Å². The second kappa shape index (κ2) is 11.3. The summed E-state index contributed by atoms with van der Waals surface area (Å²) in [6.45, 7) is -1.27. The van der Waals surface area contributed by atoms with Crippen molar-refractivity contribution < 1.29 is 80.6 Å². The maximum Gasteiger partial charge on any atom is 0.460 e. The Labute approximate surface area is 198 Å². The number of carbonyl (C=O) groups excluding carboxylic acids is 1. The highest BCUT2D eigenvalue weighted by molar-refractivity contribution is 5.87. The molecule has 0 rings (SSSR count). The monoisotopic (exact) mass is 583 g/mol. The lowest BCUT2D eigenvalue weighted by molar-refractivity contribution is -0.449. The van der Waals surface area contributed by atoms with Crippen LogP contribution in [-0.4, -0.2) is 76.7 Å². The van der Waals surface area contributed by atoms with Crippen molar-refractivity contribution in [3.05, 3.63) is 0 Å². The summed E-state index contributed by atoms with van der Waals surface area (Å²) in [6.07, 6.45) is -5.84. The molecule has 0 aliphatic heterocycles. The van der Waals surface area contributed by atoms with Gasteiger partial charge in [0.25, 0.3) is 5.91 Å². The standard InChI is InChI=1S/C18H20F15NO3/c1-2-3-4-5-6-7-8-34(9-10(35)36)11(37)12(19,20)13(21,22)14(23,24)15(25,26)16(27,28)17(29,30)18(31,32)33/h2-9H2,1H3,(H,35,36). The molecular weight excluding hydrogens is 563 g/mol. The number of amides is 1. The van der Waals surface area contributed by atoms with Crippen LogP contribution in [0.15, 0.2) is 0 Å². The fraction of sp³-hybridized carbons (Fsp3) is 0.889. The summed E-state index contributed by atoms with van der Waals surface area (Å²) in [5.41, 5.74) is 0. The molecule has 0 heterocycles. The fourth-order valence-corrected chi connectivity index (χ4v) is 2.80. The molecule has 0 bridgehead atoms. The van der Waals surface area contributed by atoms with Gasteiger partial charge in [0.2, 0.25) is 0 Å². The van der Waals surface area contributed by atoms with Crippen LogP contribution in [0.5, 0.6) is 0 Å². The van der Waals surface area contributed by atoms with Crippen LogP contribution < -0.4 is 0 Å². The Morgan fingerprint density at radius 1 is 0.595 bits per heavy atom. The molecule has 37 heavy (non-hydrogen) atoms. The van der Waals surface area contributed by atoms with E-state index in [0.717, 1.165) is 6.42 Å². The lowest BCUT2D eigenvalue weighted by Gasteiger charge is -2.41. The normalized spacial score (nSPS) is 14.6. The van der Waals surface area contributed by atoms with Crippen LogP contribution in [0.25, 0.3) is 0 Å². The molecule has 0 saturated carbocycles. The lowest BCUT2D eigenvalue weighted by atomic mass is 9.90. The van der Waals surface area contributed by atoms with Crippen molar-refractivity contribution in [3.63, 3.8) is 0 Å². The van der Waals surface area contributed by atoms with E-state index in [1.165, 1.54) is 0 Å². The van der Waals surface area contributed by atoms with Gasteiger partial charge in [-0.25, -0.2) is 0 Å². The zero-order valence-electron chi connectivity index (χ0n) is 18.5. The van der Waals surface area contributed by atoms with E-state index in [-0.39, 0.29) is 6.42 Å². The van der Waals surface area contributed by atoms with E-state index < -0.39 is 78.0 Å². The van der Waals surface area contributed by atoms with Gasteiger partial charge in [-0.2, -0.15) is 65.9 Å². The lowest BCUT2D eigenvalue weighted by Crippen LogP contribution is -2.74. The average molecular weight is 583 g/mol. The van der Waals surface area contributed by atoms with Crippen molar-refractivity contribution in [2.24, 2.45) is 0 Å². The Hall–Kier alpha value is -2.11. The molecule has 0 aliphatic rings. The van der Waals surface area contributed by atoms with E-state index in [4.69, 9.17) is 5.11 Å². The highest BCUT2D eigenvalue weighted by Crippen LogP contribution is 2.62. The van der Waals surface area contributed by atoms with E-state index in [1.54, 1.807) is 6.92 Å². The molecule has 1 N–H and O–H groups in total. The molecule has 1 amide bonds. The predicted octanol–water partition coefficient (Wildman–Crippen LogP) is 6.63. The Kier molecular flexibility index (Phi) is 10.7. The van der Waals surface area contributed by atoms with Crippen molar-refractivity contribution >= 4 is 11.9 Å². The van der Waals surface area contributed by atoms with E-state index in [0.29, 0.717) is 19.3 Å². The predicted molar refractivity (Wildman–Crippen MR) is 93.3 cm³/mol. The van der Waals surface area contributed by atoms with Crippen molar-refractivity contribution in [1.82, 2.24) is 4.90 Å². The Morgan fingerprint density at radius 2 is 0.973 bits per heavy atom. The number of carbonyl (C=O) groups is 2. The highest BCUT2D eigenvalue weighted by Gasteiger charge is 2.94. The van der Waals surface area contributed by atoms with Crippen molar-refractivity contribution in [3.8, 4) is 0 Å². The summed E-state index contributed by atoms with van der Waals surface area (Å²) >= 11 is 0. The first-order valence-electron chi connectivity index (χ1n) is 10.1. The zero-order chi connectivity index (χ0) is 29.9. The number of carboxylic acid groups (broad SMARTS) is 1. The first-order valence-corrected chi connectivity index (χ1v) is 10.1. The van der Waals surface area contributed by atoms with Crippen LogP contribution in [-0.2, 0) is 9.59 Å². The van der Waals surface area contributed by atoms with Gasteiger partial charge in [-0.05, 0) is 6.42 Å². The van der Waals surface area contributed by atoms with E-state index in [1.807, 2.05) is 0 Å². The molecule has 220 valence electrons. The molecule has 19 heteroatoms. The molecule has 0 radical (unpaired) electrons. The first kappa shape index (κ1) is 34.9. The van der Waals surface area contributed by atoms with Crippen LogP contribution in [0.3, 0.4) is 0 Å². The van der Waals surface area contributed by atoms with E-state index in [2.05, 4.69) is 0 Å². The fourth-order valence-electron chi connectivity index (χ4n) is 2.80. The van der Waals surface area contributed by atoms with Gasteiger partial charge < -0.3 is 10.0 Å². The SMILES string of the molecule is CCCCCCCCN(CC(=O)O)C(=O)C(F)(F)C(F)(F)C(F)(F)C(F)(F)C(F)(F)C(F)(F)C(F)(F)F. The Morgan fingerprint density at radius 3 is 1.38 bits per heavy atom. The maximum absolute atomic E-state index is 14.1. The first-order chi connectivity index (χ1) is 16.3. The van der Waals surface area contributed by atoms with E-state index >= 15 is 0 Å². The third kappa shape index (κ3) is 6.31. The summed E-state index contributed by atoms with van der Waals surface area (Å²) in [7, 11) is 0. The third-order valence-corrected chi connectivity index (χ3v) is 4.99. The number of rotatable bonds is 15. The summed E-state index contributed by atoms with van der Waals surface area (Å²) in [5.74, 6) is -54.5. The zero-order valence-corrected chi connectivity index (χ0v) is 18.5. The van der Waals surface area contributed by atoms with Gasteiger partial charge in [-0.1, -0.05) is 39.0 Å². The summed E-state index contributed by atoms with van der Waals surface area (Å²) in [6, 6.07) is 0. The van der Waals surface area contributed by atoms with Crippen LogP contribution in [0, 0.1) is 0 Å².